The Morgan fingerprint density at radius 2 is 2.25 bits per heavy atom. The summed E-state index contributed by atoms with van der Waals surface area (Å²) >= 11 is 6.50. The maximum atomic E-state index is 3.96. The lowest BCUT2D eigenvalue weighted by Gasteiger charge is -1.78. The van der Waals surface area contributed by atoms with Crippen LogP contribution in [0.3, 0.4) is 0 Å². The molecule has 0 amide bonds. The first-order valence-electron chi connectivity index (χ1n) is 1.86. The summed E-state index contributed by atoms with van der Waals surface area (Å²) < 4.78 is 3.44. The summed E-state index contributed by atoms with van der Waals surface area (Å²) in [6.45, 7) is 0. The molecule has 1 unspecified atom stereocenters. The molecule has 0 aliphatic rings. The topological polar surface area (TPSA) is 17.8 Å². The van der Waals surface area contributed by atoms with Crippen molar-refractivity contribution in [2.75, 3.05) is 0 Å². The molecular formula is C3H3Br2N2P. The van der Waals surface area contributed by atoms with Gasteiger partial charge in [0.15, 0.2) is 0 Å². The molecule has 0 aliphatic carbocycles. The zero-order valence-electron chi connectivity index (χ0n) is 3.81. The molecule has 0 spiro atoms. The first-order valence-corrected chi connectivity index (χ1v) is 3.96. The average molecular weight is 258 g/mol. The van der Waals surface area contributed by atoms with Gasteiger partial charge in [0.05, 0.1) is 4.47 Å². The second kappa shape index (κ2) is 2.46. The van der Waals surface area contributed by atoms with Crippen LogP contribution in [0.25, 0.3) is 0 Å². The van der Waals surface area contributed by atoms with Gasteiger partial charge in [-0.1, -0.05) is 0 Å². The number of halogens is 2. The van der Waals surface area contributed by atoms with Gasteiger partial charge in [0.2, 0.25) is 0 Å². The van der Waals surface area contributed by atoms with Crippen molar-refractivity contribution in [3.8, 4) is 0 Å². The first-order chi connectivity index (χ1) is 3.70. The maximum Gasteiger partial charge on any atom is 0.142 e. The number of nitrogens with zero attached hydrogens (tertiary/aromatic N) is 2. The molecule has 0 radical (unpaired) electrons. The lowest BCUT2D eigenvalue weighted by atomic mass is 10.8. The molecule has 0 aromatic carbocycles. The van der Waals surface area contributed by atoms with Crippen LogP contribution in [-0.2, 0) is 0 Å². The quantitative estimate of drug-likeness (QED) is 0.651. The number of rotatable bonds is 0. The standard InChI is InChI=1S/C3H3Br2N2P/c4-2-1-7(8)6-3(2)5/h1H,8H2. The fourth-order valence-corrected chi connectivity index (χ4v) is 1.57. The molecule has 0 aliphatic heterocycles. The lowest BCUT2D eigenvalue weighted by Crippen LogP contribution is -1.74. The minimum absolute atomic E-state index is 0.826. The van der Waals surface area contributed by atoms with Crippen molar-refractivity contribution in [2.45, 2.75) is 0 Å². The fourth-order valence-electron chi connectivity index (χ4n) is 0.347. The van der Waals surface area contributed by atoms with Gasteiger partial charge in [-0.25, -0.2) is 0 Å². The summed E-state index contributed by atoms with van der Waals surface area (Å²) in [4.78, 5) is 0. The maximum absolute atomic E-state index is 3.96. The number of hydrogen-bond acceptors (Lipinski definition) is 1. The predicted molar refractivity (Wildman–Crippen MR) is 42.7 cm³/mol. The molecule has 1 heterocycles. The predicted octanol–water partition coefficient (Wildman–Crippen LogP) is 2.05. The fraction of sp³-hybridized carbons (Fsp3) is 0. The van der Waals surface area contributed by atoms with Crippen molar-refractivity contribution >= 4 is 41.3 Å². The van der Waals surface area contributed by atoms with E-state index in [-0.39, 0.29) is 0 Å². The van der Waals surface area contributed by atoms with E-state index in [1.165, 1.54) is 0 Å². The highest BCUT2D eigenvalue weighted by Gasteiger charge is 1.97. The Labute approximate surface area is 66.2 Å². The zero-order valence-corrected chi connectivity index (χ0v) is 8.13. The highest BCUT2D eigenvalue weighted by molar-refractivity contribution is 9.13. The first kappa shape index (κ1) is 6.72. The molecule has 0 N–H and O–H groups in total. The third-order valence-corrected chi connectivity index (χ3v) is 2.61. The highest BCUT2D eigenvalue weighted by atomic mass is 79.9. The van der Waals surface area contributed by atoms with Gasteiger partial charge >= 0.3 is 0 Å². The minimum Gasteiger partial charge on any atom is -0.256 e. The van der Waals surface area contributed by atoms with Gasteiger partial charge in [-0.2, -0.15) is 5.10 Å². The van der Waals surface area contributed by atoms with Gasteiger partial charge in [-0.3, -0.25) is 4.45 Å². The van der Waals surface area contributed by atoms with E-state index in [0.717, 1.165) is 9.08 Å². The molecule has 0 fully saturated rings. The van der Waals surface area contributed by atoms with Crippen molar-refractivity contribution in [1.29, 1.82) is 0 Å². The Bertz CT molecular complexity index is 178. The minimum atomic E-state index is 0.826. The molecule has 1 rings (SSSR count). The monoisotopic (exact) mass is 256 g/mol. The largest absolute Gasteiger partial charge is 0.256 e. The Morgan fingerprint density at radius 3 is 2.38 bits per heavy atom. The SMILES string of the molecule is Pn1cc(Br)c(Br)n1. The Kier molecular flexibility index (Phi) is 2.07. The second-order valence-corrected chi connectivity index (χ2v) is 3.38. The summed E-state index contributed by atoms with van der Waals surface area (Å²) in [5, 5.41) is 3.96. The van der Waals surface area contributed by atoms with Crippen LogP contribution in [0.2, 0.25) is 0 Å². The summed E-state index contributed by atoms with van der Waals surface area (Å²) in [6.07, 6.45) is 1.84. The smallest absolute Gasteiger partial charge is 0.142 e. The zero-order chi connectivity index (χ0) is 6.15. The van der Waals surface area contributed by atoms with E-state index in [1.807, 2.05) is 6.20 Å². The van der Waals surface area contributed by atoms with Crippen LogP contribution in [-0.4, -0.2) is 9.55 Å². The van der Waals surface area contributed by atoms with Gasteiger partial charge in [0, 0.05) is 6.20 Å². The summed E-state index contributed by atoms with van der Waals surface area (Å²) in [6, 6.07) is 0. The Morgan fingerprint density at radius 1 is 1.62 bits per heavy atom. The molecule has 1 atom stereocenters. The van der Waals surface area contributed by atoms with Gasteiger partial charge in [-0.05, 0) is 41.3 Å². The van der Waals surface area contributed by atoms with E-state index in [0.29, 0.717) is 0 Å². The van der Waals surface area contributed by atoms with Crippen molar-refractivity contribution in [1.82, 2.24) is 9.55 Å². The van der Waals surface area contributed by atoms with E-state index in [4.69, 9.17) is 0 Å². The van der Waals surface area contributed by atoms with E-state index < -0.39 is 0 Å². The van der Waals surface area contributed by atoms with Crippen molar-refractivity contribution in [2.24, 2.45) is 0 Å². The van der Waals surface area contributed by atoms with Crippen LogP contribution >= 0.6 is 41.3 Å². The van der Waals surface area contributed by atoms with Crippen molar-refractivity contribution in [3.05, 3.63) is 15.3 Å². The molecule has 1 aromatic rings. The van der Waals surface area contributed by atoms with Gasteiger partial charge < -0.3 is 0 Å². The Balaban J connectivity index is 3.14. The van der Waals surface area contributed by atoms with Crippen molar-refractivity contribution in [3.63, 3.8) is 0 Å². The summed E-state index contributed by atoms with van der Waals surface area (Å²) in [7, 11) is 2.43. The van der Waals surface area contributed by atoms with Crippen LogP contribution in [0, 0.1) is 0 Å². The molecular weight excluding hydrogens is 255 g/mol. The normalized spacial score (nSPS) is 9.88. The van der Waals surface area contributed by atoms with E-state index >= 15 is 0 Å². The average Bonchev–Trinajstić information content (AvgIpc) is 1.85. The van der Waals surface area contributed by atoms with Crippen LogP contribution in [0.1, 0.15) is 0 Å². The van der Waals surface area contributed by atoms with E-state index in [9.17, 15) is 0 Å². The number of aromatic nitrogens is 2. The van der Waals surface area contributed by atoms with Gasteiger partial charge in [0.25, 0.3) is 0 Å². The molecule has 44 valence electrons. The number of hydrogen-bond donors (Lipinski definition) is 0. The van der Waals surface area contributed by atoms with Crippen LogP contribution in [0.4, 0.5) is 0 Å². The molecule has 1 aromatic heterocycles. The molecule has 2 nitrogen and oxygen atoms in total. The van der Waals surface area contributed by atoms with Crippen LogP contribution in [0.5, 0.6) is 0 Å². The Hall–Kier alpha value is 0.600. The van der Waals surface area contributed by atoms with E-state index in [1.54, 1.807) is 4.45 Å². The molecule has 0 bridgehead atoms. The third-order valence-electron chi connectivity index (χ3n) is 0.646. The molecule has 8 heavy (non-hydrogen) atoms. The highest BCUT2D eigenvalue weighted by Crippen LogP contribution is 2.20. The molecule has 5 heteroatoms. The van der Waals surface area contributed by atoms with Crippen LogP contribution < -0.4 is 0 Å². The van der Waals surface area contributed by atoms with Crippen LogP contribution in [0.15, 0.2) is 15.3 Å². The van der Waals surface area contributed by atoms with Gasteiger partial charge in [-0.15, -0.1) is 0 Å². The summed E-state index contributed by atoms with van der Waals surface area (Å²) in [5.74, 6) is 0. The summed E-state index contributed by atoms with van der Waals surface area (Å²) in [5.41, 5.74) is 0. The van der Waals surface area contributed by atoms with Gasteiger partial charge in [0.1, 0.15) is 4.60 Å². The second-order valence-electron chi connectivity index (χ2n) is 1.25. The molecule has 0 saturated heterocycles. The van der Waals surface area contributed by atoms with Crippen molar-refractivity contribution < 1.29 is 0 Å². The molecule has 0 saturated carbocycles. The third kappa shape index (κ3) is 1.30. The van der Waals surface area contributed by atoms with E-state index in [2.05, 4.69) is 46.3 Å². The lowest BCUT2D eigenvalue weighted by molar-refractivity contribution is 0.996.